The zero-order valence-corrected chi connectivity index (χ0v) is 18.7. The Morgan fingerprint density at radius 1 is 1.39 bits per heavy atom. The molecule has 0 radical (unpaired) electrons. The van der Waals surface area contributed by atoms with Gasteiger partial charge < -0.3 is 14.6 Å². The number of rotatable bonds is 9. The number of hydrogen-bond donors (Lipinski definition) is 2. The van der Waals surface area contributed by atoms with Gasteiger partial charge in [-0.3, -0.25) is 8.98 Å². The fourth-order valence-corrected chi connectivity index (χ4v) is 4.50. The average molecular weight is 480 g/mol. The van der Waals surface area contributed by atoms with Crippen LogP contribution in [-0.2, 0) is 25.8 Å². The number of carbonyl (C=O) groups excluding carboxylic acids is 1. The molecule has 1 saturated carbocycles. The lowest BCUT2D eigenvalue weighted by molar-refractivity contribution is 0.103. The Morgan fingerprint density at radius 3 is 3.00 bits per heavy atom. The molecule has 2 aromatic heterocycles. The van der Waals surface area contributed by atoms with E-state index in [9.17, 15) is 17.6 Å². The number of anilines is 1. The van der Waals surface area contributed by atoms with Crippen molar-refractivity contribution in [2.45, 2.75) is 38.0 Å². The standard InChI is InChI=1S/C21H26FN5O5S/c22-18-7-15(12-32-33(23,29)30)8-19(18)26-21-17(9-24-13-25-21)20(28)16-1-4-27(11-16)10-14-2-5-31-6-3-14/h1-2,4,9,11,13,15,18-19H,3,5-8,10,12H2,(H2,23,29,30)(H,24,25,26)/t15-,18+,19-/m1/s1. The molecule has 0 bridgehead atoms. The van der Waals surface area contributed by atoms with Gasteiger partial charge >= 0.3 is 10.3 Å². The third kappa shape index (κ3) is 6.22. The van der Waals surface area contributed by atoms with E-state index in [2.05, 4.69) is 19.5 Å². The quantitative estimate of drug-likeness (QED) is 0.409. The van der Waals surface area contributed by atoms with Crippen molar-refractivity contribution in [1.82, 2.24) is 14.5 Å². The van der Waals surface area contributed by atoms with E-state index >= 15 is 0 Å². The number of ketones is 1. The number of aromatic nitrogens is 3. The second-order valence-electron chi connectivity index (χ2n) is 8.26. The highest BCUT2D eigenvalue weighted by molar-refractivity contribution is 7.84. The molecule has 0 spiro atoms. The van der Waals surface area contributed by atoms with Crippen molar-refractivity contribution in [2.75, 3.05) is 25.1 Å². The van der Waals surface area contributed by atoms with Crippen molar-refractivity contribution in [2.24, 2.45) is 11.1 Å². The summed E-state index contributed by atoms with van der Waals surface area (Å²) in [6, 6.07) is 1.08. The molecule has 2 aromatic rings. The van der Waals surface area contributed by atoms with Crippen molar-refractivity contribution in [3.63, 3.8) is 0 Å². The number of alkyl halides is 1. The van der Waals surface area contributed by atoms with Crippen LogP contribution in [0.5, 0.6) is 0 Å². The van der Waals surface area contributed by atoms with Gasteiger partial charge in [0.2, 0.25) is 0 Å². The van der Waals surface area contributed by atoms with E-state index in [-0.39, 0.29) is 36.1 Å². The van der Waals surface area contributed by atoms with Crippen LogP contribution >= 0.6 is 0 Å². The molecule has 1 fully saturated rings. The summed E-state index contributed by atoms with van der Waals surface area (Å²) in [6.45, 7) is 1.79. The van der Waals surface area contributed by atoms with Crippen LogP contribution in [0.3, 0.4) is 0 Å². The summed E-state index contributed by atoms with van der Waals surface area (Å²) in [7, 11) is -4.08. The van der Waals surface area contributed by atoms with Gasteiger partial charge in [0.05, 0.1) is 31.4 Å². The van der Waals surface area contributed by atoms with E-state index in [1.54, 1.807) is 12.3 Å². The van der Waals surface area contributed by atoms with E-state index in [0.717, 1.165) is 6.42 Å². The largest absolute Gasteiger partial charge is 0.377 e. The molecule has 2 aliphatic rings. The lowest BCUT2D eigenvalue weighted by Gasteiger charge is -2.17. The summed E-state index contributed by atoms with van der Waals surface area (Å²) < 4.78 is 48.4. The number of halogens is 1. The molecule has 12 heteroatoms. The first kappa shape index (κ1) is 23.5. The smallest absolute Gasteiger partial charge is 0.333 e. The average Bonchev–Trinajstić information content (AvgIpc) is 3.39. The van der Waals surface area contributed by atoms with Gasteiger partial charge in [0, 0.05) is 30.7 Å². The maximum Gasteiger partial charge on any atom is 0.333 e. The molecule has 1 aliphatic carbocycles. The van der Waals surface area contributed by atoms with Crippen LogP contribution < -0.4 is 10.5 Å². The van der Waals surface area contributed by atoms with Gasteiger partial charge in [-0.15, -0.1) is 0 Å². The minimum atomic E-state index is -4.08. The highest BCUT2D eigenvalue weighted by Gasteiger charge is 2.36. The second-order valence-corrected chi connectivity index (χ2v) is 9.48. The van der Waals surface area contributed by atoms with Gasteiger partial charge in [0.1, 0.15) is 18.3 Å². The molecular weight excluding hydrogens is 453 g/mol. The Kier molecular flexibility index (Phi) is 7.17. The Balaban J connectivity index is 1.43. The summed E-state index contributed by atoms with van der Waals surface area (Å²) in [5, 5.41) is 7.84. The van der Waals surface area contributed by atoms with E-state index in [1.165, 1.54) is 18.1 Å². The minimum absolute atomic E-state index is 0.116. The maximum absolute atomic E-state index is 14.6. The van der Waals surface area contributed by atoms with Crippen LogP contribution in [0.4, 0.5) is 10.2 Å². The lowest BCUT2D eigenvalue weighted by Crippen LogP contribution is -2.27. The highest BCUT2D eigenvalue weighted by atomic mass is 32.2. The second kappa shape index (κ2) is 10.1. The van der Waals surface area contributed by atoms with E-state index in [4.69, 9.17) is 9.88 Å². The van der Waals surface area contributed by atoms with E-state index in [0.29, 0.717) is 31.7 Å². The van der Waals surface area contributed by atoms with Crippen LogP contribution in [0.15, 0.2) is 42.6 Å². The normalized spacial score (nSPS) is 23.3. The molecule has 0 saturated heterocycles. The van der Waals surface area contributed by atoms with E-state index < -0.39 is 22.5 Å². The third-order valence-electron chi connectivity index (χ3n) is 5.79. The van der Waals surface area contributed by atoms with Gasteiger partial charge in [-0.1, -0.05) is 11.6 Å². The van der Waals surface area contributed by atoms with Crippen molar-refractivity contribution < 1.29 is 26.5 Å². The van der Waals surface area contributed by atoms with Crippen molar-refractivity contribution in [1.29, 1.82) is 0 Å². The fraction of sp³-hybridized carbons (Fsp3) is 0.476. The first-order valence-corrected chi connectivity index (χ1v) is 12.1. The molecule has 4 rings (SSSR count). The molecule has 0 amide bonds. The third-order valence-corrected chi connectivity index (χ3v) is 6.25. The summed E-state index contributed by atoms with van der Waals surface area (Å²) in [5.41, 5.74) is 1.96. The highest BCUT2D eigenvalue weighted by Crippen LogP contribution is 2.32. The molecule has 3 heterocycles. The molecule has 178 valence electrons. The van der Waals surface area contributed by atoms with Crippen molar-refractivity contribution >= 4 is 21.9 Å². The SMILES string of the molecule is NS(=O)(=O)OC[C@@H]1C[C@H](F)[C@H](Nc2ncncc2C(=O)c2ccn(CC3=CCOCC3)c2)C1. The Morgan fingerprint density at radius 2 is 2.24 bits per heavy atom. The summed E-state index contributed by atoms with van der Waals surface area (Å²) in [6.07, 6.45) is 8.37. The molecule has 0 aromatic carbocycles. The Labute approximate surface area is 191 Å². The van der Waals surface area contributed by atoms with Gasteiger partial charge in [-0.2, -0.15) is 8.42 Å². The Hall–Kier alpha value is -2.67. The number of ether oxygens (including phenoxy) is 1. The zero-order chi connectivity index (χ0) is 23.4. The number of carbonyl (C=O) groups is 1. The van der Waals surface area contributed by atoms with Crippen molar-refractivity contribution in [3.8, 4) is 0 Å². The first-order chi connectivity index (χ1) is 15.8. The van der Waals surface area contributed by atoms with Crippen LogP contribution in [0.25, 0.3) is 0 Å². The first-order valence-electron chi connectivity index (χ1n) is 10.6. The summed E-state index contributed by atoms with van der Waals surface area (Å²) in [4.78, 5) is 21.3. The zero-order valence-electron chi connectivity index (χ0n) is 17.9. The monoisotopic (exact) mass is 479 g/mol. The van der Waals surface area contributed by atoms with Gasteiger partial charge in [-0.05, 0) is 31.2 Å². The maximum atomic E-state index is 14.6. The fourth-order valence-electron chi connectivity index (χ4n) is 4.12. The molecule has 3 atom stereocenters. The molecule has 3 N–H and O–H groups in total. The molecule has 0 unspecified atom stereocenters. The minimum Gasteiger partial charge on any atom is -0.377 e. The number of hydrogen-bond acceptors (Lipinski definition) is 8. The number of nitrogens with two attached hydrogens (primary N) is 1. The molecular formula is C21H26FN5O5S. The van der Waals surface area contributed by atoms with Gasteiger partial charge in [0.15, 0.2) is 5.78 Å². The number of nitrogens with zero attached hydrogens (tertiary/aromatic N) is 3. The van der Waals surface area contributed by atoms with Crippen LogP contribution in [0.2, 0.25) is 0 Å². The summed E-state index contributed by atoms with van der Waals surface area (Å²) >= 11 is 0. The van der Waals surface area contributed by atoms with Crippen molar-refractivity contribution in [3.05, 3.63) is 53.8 Å². The predicted molar refractivity (Wildman–Crippen MR) is 118 cm³/mol. The molecule has 10 nitrogen and oxygen atoms in total. The van der Waals surface area contributed by atoms with Crippen LogP contribution in [0, 0.1) is 5.92 Å². The van der Waals surface area contributed by atoms with Crippen LogP contribution in [-0.4, -0.2) is 60.8 Å². The molecule has 1 aliphatic heterocycles. The van der Waals surface area contributed by atoms with Crippen LogP contribution in [0.1, 0.15) is 35.2 Å². The lowest BCUT2D eigenvalue weighted by atomic mass is 10.1. The molecule has 33 heavy (non-hydrogen) atoms. The Bertz CT molecular complexity index is 1140. The topological polar surface area (TPSA) is 138 Å². The van der Waals surface area contributed by atoms with Gasteiger partial charge in [0.25, 0.3) is 0 Å². The van der Waals surface area contributed by atoms with Gasteiger partial charge in [-0.25, -0.2) is 19.5 Å². The predicted octanol–water partition coefficient (Wildman–Crippen LogP) is 1.60. The summed E-state index contributed by atoms with van der Waals surface area (Å²) in [5.74, 6) is -0.374. The number of nitrogens with one attached hydrogen (secondary N) is 1. The van der Waals surface area contributed by atoms with E-state index in [1.807, 2.05) is 16.8 Å².